The highest BCUT2D eigenvalue weighted by atomic mass is 16.5. The number of carbonyl (C=O) groups is 1. The lowest BCUT2D eigenvalue weighted by Crippen LogP contribution is -2.43. The molecule has 2 aliphatic rings. The molecule has 4 rings (SSSR count). The Hall–Kier alpha value is -2.44. The summed E-state index contributed by atoms with van der Waals surface area (Å²) < 4.78 is 5.50. The molecule has 6 nitrogen and oxygen atoms in total. The van der Waals surface area contributed by atoms with E-state index in [0.717, 1.165) is 50.9 Å². The Kier molecular flexibility index (Phi) is 6.97. The second-order valence-electron chi connectivity index (χ2n) is 8.38. The number of amides is 1. The molecule has 2 aromatic rings. The van der Waals surface area contributed by atoms with Crippen LogP contribution in [0, 0.1) is 5.92 Å². The van der Waals surface area contributed by atoms with Gasteiger partial charge in [0.1, 0.15) is 0 Å². The van der Waals surface area contributed by atoms with Crippen molar-refractivity contribution in [3.63, 3.8) is 0 Å². The quantitative estimate of drug-likeness (QED) is 0.796. The van der Waals surface area contributed by atoms with E-state index in [9.17, 15) is 4.79 Å². The number of benzene rings is 1. The summed E-state index contributed by atoms with van der Waals surface area (Å²) in [7, 11) is 0. The maximum atomic E-state index is 12.8. The van der Waals surface area contributed by atoms with E-state index in [-0.39, 0.29) is 11.9 Å². The van der Waals surface area contributed by atoms with Crippen LogP contribution >= 0.6 is 0 Å². The molecule has 0 spiro atoms. The van der Waals surface area contributed by atoms with Gasteiger partial charge in [-0.1, -0.05) is 13.0 Å². The van der Waals surface area contributed by atoms with E-state index in [0.29, 0.717) is 12.1 Å². The Bertz CT molecular complexity index is 798. The molecule has 1 aromatic heterocycles. The van der Waals surface area contributed by atoms with Gasteiger partial charge in [0.15, 0.2) is 0 Å². The van der Waals surface area contributed by atoms with E-state index < -0.39 is 0 Å². The first kappa shape index (κ1) is 20.8. The van der Waals surface area contributed by atoms with Crippen molar-refractivity contribution < 1.29 is 9.53 Å². The summed E-state index contributed by atoms with van der Waals surface area (Å²) in [5.41, 5.74) is 3.03. The number of morpholine rings is 1. The number of carbonyl (C=O) groups excluding carboxylic acids is 1. The Morgan fingerprint density at radius 1 is 1.13 bits per heavy atom. The van der Waals surface area contributed by atoms with Gasteiger partial charge in [-0.2, -0.15) is 0 Å². The molecule has 0 saturated carbocycles. The van der Waals surface area contributed by atoms with Gasteiger partial charge in [-0.25, -0.2) is 0 Å². The third-order valence-electron chi connectivity index (χ3n) is 6.29. The van der Waals surface area contributed by atoms with Gasteiger partial charge in [0.05, 0.1) is 19.3 Å². The minimum absolute atomic E-state index is 0.0315. The number of nitrogens with one attached hydrogen (secondary N) is 1. The zero-order valence-corrected chi connectivity index (χ0v) is 17.8. The Morgan fingerprint density at radius 3 is 2.53 bits per heavy atom. The maximum absolute atomic E-state index is 12.8. The molecular weight excluding hydrogens is 376 g/mol. The highest BCUT2D eigenvalue weighted by Crippen LogP contribution is 2.24. The van der Waals surface area contributed by atoms with E-state index in [1.165, 1.54) is 18.5 Å². The van der Waals surface area contributed by atoms with Gasteiger partial charge < -0.3 is 15.0 Å². The van der Waals surface area contributed by atoms with E-state index in [1.54, 1.807) is 6.20 Å². The highest BCUT2D eigenvalue weighted by molar-refractivity contribution is 5.94. The van der Waals surface area contributed by atoms with Gasteiger partial charge >= 0.3 is 0 Å². The molecular formula is C24H32N4O2. The zero-order chi connectivity index (χ0) is 20.8. The third-order valence-corrected chi connectivity index (χ3v) is 6.29. The van der Waals surface area contributed by atoms with Gasteiger partial charge in [0.2, 0.25) is 0 Å². The first-order valence-electron chi connectivity index (χ1n) is 11.1. The number of aromatic nitrogens is 1. The normalized spacial score (nSPS) is 19.4. The minimum atomic E-state index is -0.0315. The van der Waals surface area contributed by atoms with Crippen molar-refractivity contribution in [2.24, 2.45) is 5.92 Å². The standard InChI is InChI=1S/C24H32N4O2/c1-19-8-11-27(12-9-19)22-6-4-20(5-7-22)24(29)26-18-23(21-3-2-10-25-17-21)28-13-15-30-16-14-28/h2-7,10,17,19,23H,8-9,11-16,18H2,1H3,(H,26,29)/t23-/m0/s1. The molecule has 1 aromatic carbocycles. The molecule has 0 aliphatic carbocycles. The summed E-state index contributed by atoms with van der Waals surface area (Å²) in [6.07, 6.45) is 6.14. The first-order chi connectivity index (χ1) is 14.7. The maximum Gasteiger partial charge on any atom is 0.251 e. The fraction of sp³-hybridized carbons (Fsp3) is 0.500. The smallest absolute Gasteiger partial charge is 0.251 e. The van der Waals surface area contributed by atoms with Crippen molar-refractivity contribution >= 4 is 11.6 Å². The lowest BCUT2D eigenvalue weighted by atomic mass is 9.98. The molecule has 1 N–H and O–H groups in total. The summed E-state index contributed by atoms with van der Waals surface area (Å²) >= 11 is 0. The van der Waals surface area contributed by atoms with E-state index in [4.69, 9.17) is 4.74 Å². The molecule has 0 unspecified atom stereocenters. The summed E-state index contributed by atoms with van der Waals surface area (Å²) in [5.74, 6) is 0.779. The average Bonchev–Trinajstić information content (AvgIpc) is 2.81. The summed E-state index contributed by atoms with van der Waals surface area (Å²) in [6.45, 7) is 8.23. The van der Waals surface area contributed by atoms with Gasteiger partial charge in [-0.3, -0.25) is 14.7 Å². The van der Waals surface area contributed by atoms with Crippen LogP contribution in [0.25, 0.3) is 0 Å². The Balaban J connectivity index is 1.38. The van der Waals surface area contributed by atoms with Gasteiger partial charge in [0.25, 0.3) is 5.91 Å². The second kappa shape index (κ2) is 10.0. The number of anilines is 1. The number of piperidine rings is 1. The lowest BCUT2D eigenvalue weighted by Gasteiger charge is -2.34. The largest absolute Gasteiger partial charge is 0.379 e. The van der Waals surface area contributed by atoms with Crippen LogP contribution in [-0.2, 0) is 4.74 Å². The topological polar surface area (TPSA) is 57.7 Å². The van der Waals surface area contributed by atoms with Crippen LogP contribution in [0.2, 0.25) is 0 Å². The van der Waals surface area contributed by atoms with Crippen LogP contribution in [0.3, 0.4) is 0 Å². The van der Waals surface area contributed by atoms with Crippen LogP contribution in [0.4, 0.5) is 5.69 Å². The van der Waals surface area contributed by atoms with E-state index in [1.807, 2.05) is 24.4 Å². The van der Waals surface area contributed by atoms with Crippen molar-refractivity contribution in [1.29, 1.82) is 0 Å². The average molecular weight is 409 g/mol. The second-order valence-corrected chi connectivity index (χ2v) is 8.38. The number of hydrogen-bond donors (Lipinski definition) is 1. The molecule has 2 aliphatic heterocycles. The predicted molar refractivity (Wildman–Crippen MR) is 119 cm³/mol. The van der Waals surface area contributed by atoms with Crippen LogP contribution in [0.15, 0.2) is 48.8 Å². The molecule has 0 bridgehead atoms. The molecule has 30 heavy (non-hydrogen) atoms. The predicted octanol–water partition coefficient (Wildman–Crippen LogP) is 3.12. The number of hydrogen-bond acceptors (Lipinski definition) is 5. The molecule has 2 saturated heterocycles. The molecule has 0 radical (unpaired) electrons. The molecule has 1 atom stereocenters. The molecule has 6 heteroatoms. The first-order valence-corrected chi connectivity index (χ1v) is 11.1. The third kappa shape index (κ3) is 5.18. The van der Waals surface area contributed by atoms with Crippen LogP contribution in [0.5, 0.6) is 0 Å². The molecule has 1 amide bonds. The number of pyridine rings is 1. The van der Waals surface area contributed by atoms with Crippen molar-refractivity contribution in [2.75, 3.05) is 50.8 Å². The highest BCUT2D eigenvalue weighted by Gasteiger charge is 2.23. The van der Waals surface area contributed by atoms with Crippen molar-refractivity contribution in [3.8, 4) is 0 Å². The fourth-order valence-corrected chi connectivity index (χ4v) is 4.30. The molecule has 3 heterocycles. The summed E-state index contributed by atoms with van der Waals surface area (Å²) in [5, 5.41) is 3.14. The monoisotopic (exact) mass is 408 g/mol. The van der Waals surface area contributed by atoms with Crippen LogP contribution in [0.1, 0.15) is 41.7 Å². The number of nitrogens with zero attached hydrogens (tertiary/aromatic N) is 3. The fourth-order valence-electron chi connectivity index (χ4n) is 4.30. The minimum Gasteiger partial charge on any atom is -0.379 e. The molecule has 2 fully saturated rings. The van der Waals surface area contributed by atoms with Crippen molar-refractivity contribution in [1.82, 2.24) is 15.2 Å². The number of rotatable bonds is 6. The molecule has 160 valence electrons. The van der Waals surface area contributed by atoms with Gasteiger partial charge in [0, 0.05) is 56.4 Å². The zero-order valence-electron chi connectivity index (χ0n) is 17.8. The van der Waals surface area contributed by atoms with Crippen LogP contribution in [-0.4, -0.2) is 61.7 Å². The van der Waals surface area contributed by atoms with E-state index >= 15 is 0 Å². The number of ether oxygens (including phenoxy) is 1. The van der Waals surface area contributed by atoms with E-state index in [2.05, 4.69) is 45.2 Å². The SMILES string of the molecule is CC1CCN(c2ccc(C(=O)NC[C@@H](c3cccnc3)N3CCOCC3)cc2)CC1. The van der Waals surface area contributed by atoms with Crippen LogP contribution < -0.4 is 10.2 Å². The van der Waals surface area contributed by atoms with Gasteiger partial charge in [-0.05, 0) is 54.7 Å². The Morgan fingerprint density at radius 2 is 1.87 bits per heavy atom. The summed E-state index contributed by atoms with van der Waals surface area (Å²) in [4.78, 5) is 21.9. The summed E-state index contributed by atoms with van der Waals surface area (Å²) in [6, 6.07) is 12.2. The Labute approximate surface area is 179 Å². The van der Waals surface area contributed by atoms with Crippen molar-refractivity contribution in [3.05, 3.63) is 59.9 Å². The lowest BCUT2D eigenvalue weighted by molar-refractivity contribution is 0.0161. The van der Waals surface area contributed by atoms with Crippen molar-refractivity contribution in [2.45, 2.75) is 25.8 Å². The van der Waals surface area contributed by atoms with Gasteiger partial charge in [-0.15, -0.1) is 0 Å².